The first-order chi connectivity index (χ1) is 15.0. The molecule has 1 aliphatic carbocycles. The summed E-state index contributed by atoms with van der Waals surface area (Å²) in [5.74, 6) is -0.0182. The number of carbonyl (C=O) groups is 1. The van der Waals surface area contributed by atoms with Crippen LogP contribution in [0.5, 0.6) is 5.75 Å². The van der Waals surface area contributed by atoms with Gasteiger partial charge >= 0.3 is 0 Å². The molecule has 1 aromatic heterocycles. The molecule has 3 aromatic rings. The molecule has 1 N–H and O–H groups in total. The smallest absolute Gasteiger partial charge is 0.228 e. The SMILES string of the molecule is CN(C)C(=O)[C@]1(C)C[C@@]2(C1)OCC(C)(C)c1c2c2c(O)cccc2n1-c1ccc(F)cc1. The zero-order valence-electron chi connectivity index (χ0n) is 19.2. The normalized spacial score (nSPS) is 26.1. The lowest BCUT2D eigenvalue weighted by atomic mass is 9.55. The van der Waals surface area contributed by atoms with Crippen LogP contribution >= 0.6 is 0 Å². The minimum Gasteiger partial charge on any atom is -0.507 e. The van der Waals surface area contributed by atoms with Gasteiger partial charge in [0.1, 0.15) is 11.6 Å². The molecule has 5 nitrogen and oxygen atoms in total. The van der Waals surface area contributed by atoms with Crippen LogP contribution in [0.2, 0.25) is 0 Å². The summed E-state index contributed by atoms with van der Waals surface area (Å²) < 4.78 is 22.4. The van der Waals surface area contributed by atoms with Crippen LogP contribution in [-0.2, 0) is 20.5 Å². The molecule has 1 amide bonds. The average molecular weight is 437 g/mol. The molecule has 5 rings (SSSR count). The van der Waals surface area contributed by atoms with E-state index in [9.17, 15) is 14.3 Å². The van der Waals surface area contributed by atoms with Gasteiger partial charge in [0.15, 0.2) is 0 Å². The number of benzene rings is 2. The third-order valence-corrected chi connectivity index (χ3v) is 7.14. The topological polar surface area (TPSA) is 54.7 Å². The number of carbonyl (C=O) groups excluding carboxylic acids is 1. The van der Waals surface area contributed by atoms with Crippen molar-refractivity contribution in [1.82, 2.24) is 9.47 Å². The van der Waals surface area contributed by atoms with Gasteiger partial charge in [-0.2, -0.15) is 0 Å². The highest BCUT2D eigenvalue weighted by Crippen LogP contribution is 2.63. The van der Waals surface area contributed by atoms with Gasteiger partial charge in [0.2, 0.25) is 5.91 Å². The summed E-state index contributed by atoms with van der Waals surface area (Å²) in [7, 11) is 3.56. The molecule has 168 valence electrons. The van der Waals surface area contributed by atoms with Gasteiger partial charge in [0.05, 0.1) is 23.1 Å². The first kappa shape index (κ1) is 21.0. The van der Waals surface area contributed by atoms with E-state index < -0.39 is 11.0 Å². The maximum Gasteiger partial charge on any atom is 0.228 e. The lowest BCUT2D eigenvalue weighted by molar-refractivity contribution is -0.200. The second-order valence-corrected chi connectivity index (χ2v) is 10.5. The zero-order valence-corrected chi connectivity index (χ0v) is 19.2. The van der Waals surface area contributed by atoms with Crippen molar-refractivity contribution in [1.29, 1.82) is 0 Å². The van der Waals surface area contributed by atoms with Crippen LogP contribution in [0.3, 0.4) is 0 Å². The van der Waals surface area contributed by atoms with E-state index in [0.717, 1.165) is 27.8 Å². The van der Waals surface area contributed by atoms with Crippen LogP contribution in [0.4, 0.5) is 4.39 Å². The molecule has 0 bridgehead atoms. The van der Waals surface area contributed by atoms with Crippen molar-refractivity contribution in [3.63, 3.8) is 0 Å². The van der Waals surface area contributed by atoms with Crippen molar-refractivity contribution >= 4 is 16.8 Å². The highest BCUT2D eigenvalue weighted by molar-refractivity contribution is 5.95. The monoisotopic (exact) mass is 436 g/mol. The Hall–Kier alpha value is -2.86. The van der Waals surface area contributed by atoms with Crippen molar-refractivity contribution in [2.75, 3.05) is 20.7 Å². The van der Waals surface area contributed by atoms with E-state index in [1.165, 1.54) is 12.1 Å². The predicted octanol–water partition coefficient (Wildman–Crippen LogP) is 4.87. The first-order valence-electron chi connectivity index (χ1n) is 11.0. The number of phenolic OH excluding ortho intramolecular Hbond substituents is 1. The first-order valence-corrected chi connectivity index (χ1v) is 11.0. The number of ether oxygens (including phenoxy) is 1. The summed E-state index contributed by atoms with van der Waals surface area (Å²) in [6.45, 7) is 6.72. The fourth-order valence-electron chi connectivity index (χ4n) is 5.90. The lowest BCUT2D eigenvalue weighted by Gasteiger charge is -2.57. The van der Waals surface area contributed by atoms with Crippen LogP contribution in [0.1, 0.15) is 44.9 Å². The molecule has 1 fully saturated rings. The minimum absolute atomic E-state index is 0.0876. The number of phenols is 1. The molecule has 32 heavy (non-hydrogen) atoms. The van der Waals surface area contributed by atoms with E-state index in [-0.39, 0.29) is 22.9 Å². The van der Waals surface area contributed by atoms with Gasteiger partial charge in [-0.3, -0.25) is 4.79 Å². The fraction of sp³-hybridized carbons (Fsp3) is 0.423. The highest BCUT2D eigenvalue weighted by Gasteiger charge is 2.62. The van der Waals surface area contributed by atoms with Gasteiger partial charge in [-0.1, -0.05) is 26.8 Å². The Bertz CT molecular complexity index is 1230. The van der Waals surface area contributed by atoms with Gasteiger partial charge < -0.3 is 19.3 Å². The molecule has 1 aliphatic heterocycles. The quantitative estimate of drug-likeness (QED) is 0.624. The average Bonchev–Trinajstić information content (AvgIpc) is 3.08. The number of aromatic nitrogens is 1. The maximum atomic E-state index is 13.7. The third-order valence-electron chi connectivity index (χ3n) is 7.14. The number of hydrogen-bond acceptors (Lipinski definition) is 3. The molecular weight excluding hydrogens is 407 g/mol. The molecule has 2 heterocycles. The van der Waals surface area contributed by atoms with Crippen LogP contribution in [-0.4, -0.2) is 41.2 Å². The molecule has 1 saturated carbocycles. The van der Waals surface area contributed by atoms with Crippen molar-refractivity contribution in [3.8, 4) is 11.4 Å². The summed E-state index contributed by atoms with van der Waals surface area (Å²) in [4.78, 5) is 14.5. The summed E-state index contributed by atoms with van der Waals surface area (Å²) in [6, 6.07) is 11.9. The van der Waals surface area contributed by atoms with Crippen molar-refractivity contribution in [2.24, 2.45) is 5.41 Å². The summed E-state index contributed by atoms with van der Waals surface area (Å²) >= 11 is 0. The molecule has 2 aromatic carbocycles. The molecular formula is C26H29FN2O3. The Balaban J connectivity index is 1.79. The van der Waals surface area contributed by atoms with Crippen LogP contribution in [0.25, 0.3) is 16.6 Å². The number of rotatable bonds is 2. The third kappa shape index (κ3) is 2.75. The summed E-state index contributed by atoms with van der Waals surface area (Å²) in [5.41, 5.74) is 2.18. The van der Waals surface area contributed by atoms with Crippen molar-refractivity contribution in [3.05, 3.63) is 59.5 Å². The van der Waals surface area contributed by atoms with E-state index in [4.69, 9.17) is 4.74 Å². The van der Waals surface area contributed by atoms with Crippen LogP contribution in [0.15, 0.2) is 42.5 Å². The van der Waals surface area contributed by atoms with Gasteiger partial charge in [-0.05, 0) is 49.2 Å². The Morgan fingerprint density at radius 2 is 1.75 bits per heavy atom. The Morgan fingerprint density at radius 1 is 1.09 bits per heavy atom. The second kappa shape index (κ2) is 6.58. The highest BCUT2D eigenvalue weighted by atomic mass is 19.1. The second-order valence-electron chi connectivity index (χ2n) is 10.5. The standard InChI is InChI=1S/C26H29FN2O3/c1-24(2)15-32-26(13-25(3,14-26)23(31)28(4)5)21-20-18(7-6-8-19(20)30)29(22(21)24)17-11-9-16(27)10-12-17/h6-12,30H,13-15H2,1-5H3/t25-,26+. The van der Waals surface area contributed by atoms with Gasteiger partial charge in [-0.15, -0.1) is 0 Å². The number of aromatic hydroxyl groups is 1. The molecule has 2 aliphatic rings. The number of fused-ring (bicyclic) bond motifs is 4. The zero-order chi connectivity index (χ0) is 23.1. The number of halogens is 1. The molecule has 0 atom stereocenters. The van der Waals surface area contributed by atoms with E-state index >= 15 is 0 Å². The number of nitrogens with zero attached hydrogens (tertiary/aromatic N) is 2. The number of amides is 1. The van der Waals surface area contributed by atoms with E-state index in [1.807, 2.05) is 19.1 Å². The van der Waals surface area contributed by atoms with Crippen molar-refractivity contribution in [2.45, 2.75) is 44.6 Å². The van der Waals surface area contributed by atoms with Crippen LogP contribution < -0.4 is 0 Å². The molecule has 1 spiro atoms. The molecule has 0 radical (unpaired) electrons. The van der Waals surface area contributed by atoms with E-state index in [2.05, 4.69) is 18.4 Å². The molecule has 6 heteroatoms. The maximum absolute atomic E-state index is 13.7. The molecule has 0 unspecified atom stereocenters. The summed E-state index contributed by atoms with van der Waals surface area (Å²) in [6.07, 6.45) is 1.11. The van der Waals surface area contributed by atoms with Gasteiger partial charge in [0.25, 0.3) is 0 Å². The lowest BCUT2D eigenvalue weighted by Crippen LogP contribution is -2.59. The van der Waals surface area contributed by atoms with E-state index in [1.54, 1.807) is 37.2 Å². The van der Waals surface area contributed by atoms with Crippen molar-refractivity contribution < 1.29 is 19.0 Å². The largest absolute Gasteiger partial charge is 0.507 e. The van der Waals surface area contributed by atoms with E-state index in [0.29, 0.717) is 19.4 Å². The van der Waals surface area contributed by atoms with Gasteiger partial charge in [-0.25, -0.2) is 4.39 Å². The van der Waals surface area contributed by atoms with Gasteiger partial charge in [0, 0.05) is 41.8 Å². The fourth-order valence-corrected chi connectivity index (χ4v) is 5.90. The summed E-state index contributed by atoms with van der Waals surface area (Å²) in [5, 5.41) is 11.7. The number of hydrogen-bond donors (Lipinski definition) is 1. The molecule has 0 saturated heterocycles. The van der Waals surface area contributed by atoms with Crippen LogP contribution in [0, 0.1) is 11.2 Å². The Labute approximate surface area is 187 Å². The Kier molecular flexibility index (Phi) is 4.32. The Morgan fingerprint density at radius 3 is 2.38 bits per heavy atom. The minimum atomic E-state index is -0.645. The predicted molar refractivity (Wildman–Crippen MR) is 122 cm³/mol.